The highest BCUT2D eigenvalue weighted by Crippen LogP contribution is 2.38. The Morgan fingerprint density at radius 1 is 1.27 bits per heavy atom. The molecule has 0 aromatic heterocycles. The molecule has 0 aliphatic heterocycles. The lowest BCUT2D eigenvalue weighted by atomic mass is 9.73. The smallest absolute Gasteiger partial charge is 0.416 e. The number of hydrogen-bond donors (Lipinski definition) is 0. The average Bonchev–Trinajstić information content (AvgIpc) is 2.46. The largest absolute Gasteiger partial charge is 0.469 e. The predicted molar refractivity (Wildman–Crippen MR) is 73.2 cm³/mol. The van der Waals surface area contributed by atoms with Crippen LogP contribution >= 0.6 is 0 Å². The fourth-order valence-electron chi connectivity index (χ4n) is 2.98. The van der Waals surface area contributed by atoms with E-state index in [1.54, 1.807) is 0 Å². The molecule has 1 aliphatic rings. The van der Waals surface area contributed by atoms with Crippen LogP contribution in [0.15, 0.2) is 24.3 Å². The number of rotatable bonds is 3. The van der Waals surface area contributed by atoms with Crippen LogP contribution in [-0.4, -0.2) is 18.9 Å². The molecule has 0 spiro atoms. The van der Waals surface area contributed by atoms with Crippen molar-refractivity contribution < 1.29 is 27.5 Å². The van der Waals surface area contributed by atoms with Gasteiger partial charge in [0.1, 0.15) is 5.78 Å². The molecule has 1 aromatic rings. The number of carbonyl (C=O) groups excluding carboxylic acids is 2. The third-order valence-electron chi connectivity index (χ3n) is 4.07. The zero-order valence-electron chi connectivity index (χ0n) is 12.2. The predicted octanol–water partition coefficient (Wildman–Crippen LogP) is 3.72. The van der Waals surface area contributed by atoms with Crippen molar-refractivity contribution in [3.8, 4) is 0 Å². The second kappa shape index (κ2) is 6.50. The summed E-state index contributed by atoms with van der Waals surface area (Å²) in [5.41, 5.74) is -0.212. The topological polar surface area (TPSA) is 43.4 Å². The lowest BCUT2D eigenvalue weighted by Gasteiger charge is -2.30. The first-order chi connectivity index (χ1) is 10.3. The van der Waals surface area contributed by atoms with Crippen LogP contribution in [0.25, 0.3) is 0 Å². The Labute approximate surface area is 126 Å². The molecule has 1 saturated carbocycles. The van der Waals surface area contributed by atoms with Crippen LogP contribution < -0.4 is 0 Å². The summed E-state index contributed by atoms with van der Waals surface area (Å²) in [6, 6.07) is 4.63. The molecule has 2 rings (SSSR count). The van der Waals surface area contributed by atoms with E-state index in [1.807, 2.05) is 0 Å². The average molecular weight is 314 g/mol. The third-order valence-corrected chi connectivity index (χ3v) is 4.07. The summed E-state index contributed by atoms with van der Waals surface area (Å²) in [7, 11) is 1.28. The van der Waals surface area contributed by atoms with E-state index in [-0.39, 0.29) is 18.1 Å². The van der Waals surface area contributed by atoms with Gasteiger partial charge in [-0.1, -0.05) is 12.1 Å². The highest BCUT2D eigenvalue weighted by molar-refractivity contribution is 5.87. The van der Waals surface area contributed by atoms with E-state index in [1.165, 1.54) is 19.2 Å². The third kappa shape index (κ3) is 3.67. The second-order valence-corrected chi connectivity index (χ2v) is 5.50. The van der Waals surface area contributed by atoms with Crippen molar-refractivity contribution >= 4 is 11.8 Å². The van der Waals surface area contributed by atoms with Crippen LogP contribution in [0.4, 0.5) is 13.2 Å². The van der Waals surface area contributed by atoms with E-state index in [0.29, 0.717) is 24.8 Å². The minimum absolute atomic E-state index is 0.0279. The molecular formula is C16H17F3O3. The Hall–Kier alpha value is -1.85. The van der Waals surface area contributed by atoms with Crippen LogP contribution in [-0.2, 0) is 20.5 Å². The van der Waals surface area contributed by atoms with Crippen molar-refractivity contribution in [1.29, 1.82) is 0 Å². The number of methoxy groups -OCH3 is 1. The molecule has 1 aromatic carbocycles. The molecule has 6 heteroatoms. The Morgan fingerprint density at radius 3 is 2.45 bits per heavy atom. The van der Waals surface area contributed by atoms with Crippen molar-refractivity contribution in [2.45, 2.75) is 37.8 Å². The van der Waals surface area contributed by atoms with Gasteiger partial charge in [-0.3, -0.25) is 9.59 Å². The number of alkyl halides is 3. The maximum atomic E-state index is 12.6. The summed E-state index contributed by atoms with van der Waals surface area (Å²) in [5, 5.41) is 0. The van der Waals surface area contributed by atoms with Crippen LogP contribution in [0, 0.1) is 5.92 Å². The van der Waals surface area contributed by atoms with Crippen molar-refractivity contribution in [1.82, 2.24) is 0 Å². The molecular weight excluding hydrogens is 297 g/mol. The minimum Gasteiger partial charge on any atom is -0.469 e. The number of carbonyl (C=O) groups is 2. The Bertz CT molecular complexity index is 549. The maximum Gasteiger partial charge on any atom is 0.416 e. The van der Waals surface area contributed by atoms with Gasteiger partial charge in [0.15, 0.2) is 0 Å². The molecule has 1 aliphatic carbocycles. The summed E-state index contributed by atoms with van der Waals surface area (Å²) in [5.74, 6) is -1.18. The van der Waals surface area contributed by atoms with Crippen molar-refractivity contribution in [2.24, 2.45) is 5.92 Å². The summed E-state index contributed by atoms with van der Waals surface area (Å²) >= 11 is 0. The van der Waals surface area contributed by atoms with Crippen molar-refractivity contribution in [3.63, 3.8) is 0 Å². The van der Waals surface area contributed by atoms with Gasteiger partial charge in [-0.15, -0.1) is 0 Å². The van der Waals surface area contributed by atoms with Gasteiger partial charge >= 0.3 is 12.1 Å². The molecule has 0 N–H and O–H groups in total. The first kappa shape index (κ1) is 16.5. The van der Waals surface area contributed by atoms with Gasteiger partial charge in [0.25, 0.3) is 0 Å². The second-order valence-electron chi connectivity index (χ2n) is 5.50. The summed E-state index contributed by atoms with van der Waals surface area (Å²) in [4.78, 5) is 23.6. The highest BCUT2D eigenvalue weighted by atomic mass is 19.4. The van der Waals surface area contributed by atoms with E-state index in [2.05, 4.69) is 4.74 Å². The van der Waals surface area contributed by atoms with Crippen LogP contribution in [0.2, 0.25) is 0 Å². The molecule has 0 saturated heterocycles. The van der Waals surface area contributed by atoms with E-state index in [0.717, 1.165) is 12.1 Å². The fraction of sp³-hybridized carbons (Fsp3) is 0.500. The number of halogens is 3. The molecule has 3 nitrogen and oxygen atoms in total. The minimum atomic E-state index is -4.40. The van der Waals surface area contributed by atoms with Gasteiger partial charge < -0.3 is 4.74 Å². The zero-order valence-corrected chi connectivity index (χ0v) is 12.2. The molecule has 0 bridgehead atoms. The van der Waals surface area contributed by atoms with Crippen LogP contribution in [0.3, 0.4) is 0 Å². The highest BCUT2D eigenvalue weighted by Gasteiger charge is 2.35. The SMILES string of the molecule is COC(=O)C[C@@H]1CCCC(=O)[C@H]1c1ccc(C(F)(F)F)cc1. The summed E-state index contributed by atoms with van der Waals surface area (Å²) < 4.78 is 42.5. The van der Waals surface area contributed by atoms with Crippen LogP contribution in [0.1, 0.15) is 42.7 Å². The van der Waals surface area contributed by atoms with E-state index < -0.39 is 23.6 Å². The van der Waals surface area contributed by atoms with Gasteiger partial charge in [-0.25, -0.2) is 0 Å². The number of benzene rings is 1. The molecule has 0 heterocycles. The molecule has 0 amide bonds. The fourth-order valence-corrected chi connectivity index (χ4v) is 2.98. The number of ketones is 1. The molecule has 22 heavy (non-hydrogen) atoms. The van der Waals surface area contributed by atoms with Gasteiger partial charge in [-0.05, 0) is 36.5 Å². The van der Waals surface area contributed by atoms with Crippen molar-refractivity contribution in [2.75, 3.05) is 7.11 Å². The lowest BCUT2D eigenvalue weighted by Crippen LogP contribution is -2.28. The molecule has 0 unspecified atom stereocenters. The standard InChI is InChI=1S/C16H17F3O3/c1-22-14(21)9-11-3-2-4-13(20)15(11)10-5-7-12(8-6-10)16(17,18)19/h5-8,11,15H,2-4,9H2,1H3/t11-,15-/m0/s1. The van der Waals surface area contributed by atoms with E-state index >= 15 is 0 Å². The maximum absolute atomic E-state index is 12.6. The number of Topliss-reactive ketones (excluding diaryl/α,β-unsaturated/α-hetero) is 1. The Morgan fingerprint density at radius 2 is 1.91 bits per heavy atom. The molecule has 1 fully saturated rings. The first-order valence-corrected chi connectivity index (χ1v) is 7.09. The van der Waals surface area contributed by atoms with Crippen LogP contribution in [0.5, 0.6) is 0 Å². The monoisotopic (exact) mass is 314 g/mol. The molecule has 120 valence electrons. The van der Waals surface area contributed by atoms with Gasteiger partial charge in [0.2, 0.25) is 0 Å². The van der Waals surface area contributed by atoms with E-state index in [4.69, 9.17) is 0 Å². The normalized spacial score (nSPS) is 22.5. The lowest BCUT2D eigenvalue weighted by molar-refractivity contribution is -0.142. The first-order valence-electron chi connectivity index (χ1n) is 7.09. The Balaban J connectivity index is 2.25. The zero-order chi connectivity index (χ0) is 16.3. The molecule has 2 atom stereocenters. The molecule has 0 radical (unpaired) electrons. The van der Waals surface area contributed by atoms with Gasteiger partial charge in [0.05, 0.1) is 12.7 Å². The number of ether oxygens (including phenoxy) is 1. The summed E-state index contributed by atoms with van der Waals surface area (Å²) in [6.45, 7) is 0. The van der Waals surface area contributed by atoms with E-state index in [9.17, 15) is 22.8 Å². The Kier molecular flexibility index (Phi) is 4.88. The number of hydrogen-bond acceptors (Lipinski definition) is 3. The van der Waals surface area contributed by atoms with Crippen molar-refractivity contribution in [3.05, 3.63) is 35.4 Å². The number of esters is 1. The summed E-state index contributed by atoms with van der Waals surface area (Å²) in [6.07, 6.45) is -2.53. The van der Waals surface area contributed by atoms with Gasteiger partial charge in [-0.2, -0.15) is 13.2 Å². The quantitative estimate of drug-likeness (QED) is 0.799. The van der Waals surface area contributed by atoms with Gasteiger partial charge in [0, 0.05) is 18.8 Å².